The molecule has 0 aliphatic carbocycles. The standard InChI is InChI=1S/C19H25N5O/c1-15(25)16-3-5-17(6-4-16)18-19(22-8-7-21-18)24-13-11-23(12-14-24)10-9-20-2/h3-8,20H,9-14H2,1-2H3. The summed E-state index contributed by atoms with van der Waals surface area (Å²) in [5.41, 5.74) is 2.58. The lowest BCUT2D eigenvalue weighted by atomic mass is 10.1. The quantitative estimate of drug-likeness (QED) is 0.808. The monoisotopic (exact) mass is 339 g/mol. The average molecular weight is 339 g/mol. The van der Waals surface area contributed by atoms with Crippen LogP contribution >= 0.6 is 0 Å². The van der Waals surface area contributed by atoms with Crippen LogP contribution in [0, 0.1) is 0 Å². The van der Waals surface area contributed by atoms with Crippen LogP contribution in [0.15, 0.2) is 36.7 Å². The van der Waals surface area contributed by atoms with Crippen molar-refractivity contribution in [3.8, 4) is 11.3 Å². The number of hydrogen-bond donors (Lipinski definition) is 1. The molecule has 3 rings (SSSR count). The Morgan fingerprint density at radius 2 is 1.76 bits per heavy atom. The van der Waals surface area contributed by atoms with Gasteiger partial charge in [-0.05, 0) is 14.0 Å². The summed E-state index contributed by atoms with van der Waals surface area (Å²) in [4.78, 5) is 25.4. The number of ketones is 1. The second kappa shape index (κ2) is 8.18. The van der Waals surface area contributed by atoms with E-state index in [0.717, 1.165) is 56.3 Å². The molecule has 0 saturated carbocycles. The fourth-order valence-electron chi connectivity index (χ4n) is 3.08. The van der Waals surface area contributed by atoms with E-state index < -0.39 is 0 Å². The summed E-state index contributed by atoms with van der Waals surface area (Å²) >= 11 is 0. The topological polar surface area (TPSA) is 61.4 Å². The largest absolute Gasteiger partial charge is 0.352 e. The van der Waals surface area contributed by atoms with E-state index in [0.29, 0.717) is 5.56 Å². The number of carbonyl (C=O) groups is 1. The minimum Gasteiger partial charge on any atom is -0.352 e. The Labute approximate surface area is 148 Å². The van der Waals surface area contributed by atoms with E-state index in [1.54, 1.807) is 19.3 Å². The van der Waals surface area contributed by atoms with Crippen molar-refractivity contribution < 1.29 is 4.79 Å². The summed E-state index contributed by atoms with van der Waals surface area (Å²) in [6, 6.07) is 7.61. The maximum atomic E-state index is 11.5. The molecule has 1 aromatic heterocycles. The van der Waals surface area contributed by atoms with Crippen LogP contribution in [-0.4, -0.2) is 67.0 Å². The van der Waals surface area contributed by atoms with Gasteiger partial charge in [-0.3, -0.25) is 14.7 Å². The predicted molar refractivity (Wildman–Crippen MR) is 100 cm³/mol. The number of piperazine rings is 1. The summed E-state index contributed by atoms with van der Waals surface area (Å²) < 4.78 is 0. The number of carbonyl (C=O) groups excluding carboxylic acids is 1. The molecule has 0 bridgehead atoms. The molecule has 0 radical (unpaired) electrons. The van der Waals surface area contributed by atoms with Crippen molar-refractivity contribution in [3.63, 3.8) is 0 Å². The van der Waals surface area contributed by atoms with E-state index >= 15 is 0 Å². The number of benzene rings is 1. The fourth-order valence-corrected chi connectivity index (χ4v) is 3.08. The van der Waals surface area contributed by atoms with E-state index in [1.807, 2.05) is 31.3 Å². The summed E-state index contributed by atoms with van der Waals surface area (Å²) in [6.07, 6.45) is 3.47. The Morgan fingerprint density at radius 3 is 2.40 bits per heavy atom. The molecule has 0 unspecified atom stereocenters. The van der Waals surface area contributed by atoms with Crippen LogP contribution in [0.2, 0.25) is 0 Å². The van der Waals surface area contributed by atoms with E-state index in [2.05, 4.69) is 25.1 Å². The lowest BCUT2D eigenvalue weighted by molar-refractivity contribution is 0.101. The Balaban J connectivity index is 1.76. The van der Waals surface area contributed by atoms with Crippen LogP contribution < -0.4 is 10.2 Å². The van der Waals surface area contributed by atoms with E-state index in [1.165, 1.54) is 0 Å². The first-order chi connectivity index (χ1) is 12.2. The third-order valence-corrected chi connectivity index (χ3v) is 4.59. The Morgan fingerprint density at radius 1 is 1.08 bits per heavy atom. The molecular formula is C19H25N5O. The zero-order chi connectivity index (χ0) is 17.6. The second-order valence-corrected chi connectivity index (χ2v) is 6.29. The minimum atomic E-state index is 0.0728. The molecule has 1 aromatic carbocycles. The van der Waals surface area contributed by atoms with Gasteiger partial charge in [-0.25, -0.2) is 4.98 Å². The minimum absolute atomic E-state index is 0.0728. The van der Waals surface area contributed by atoms with Crippen molar-refractivity contribution in [2.24, 2.45) is 0 Å². The van der Waals surface area contributed by atoms with Crippen molar-refractivity contribution >= 4 is 11.6 Å². The van der Waals surface area contributed by atoms with Gasteiger partial charge in [0.25, 0.3) is 0 Å². The van der Waals surface area contributed by atoms with Crippen LogP contribution in [0.4, 0.5) is 5.82 Å². The lowest BCUT2D eigenvalue weighted by Gasteiger charge is -2.35. The SMILES string of the molecule is CNCCN1CCN(c2nccnc2-c2ccc(C(C)=O)cc2)CC1. The van der Waals surface area contributed by atoms with Crippen LogP contribution in [0.1, 0.15) is 17.3 Å². The highest BCUT2D eigenvalue weighted by molar-refractivity contribution is 5.94. The Bertz CT molecular complexity index is 708. The van der Waals surface area contributed by atoms with Gasteiger partial charge in [0.15, 0.2) is 11.6 Å². The molecule has 6 nitrogen and oxygen atoms in total. The average Bonchev–Trinajstić information content (AvgIpc) is 2.67. The van der Waals surface area contributed by atoms with Gasteiger partial charge >= 0.3 is 0 Å². The van der Waals surface area contributed by atoms with Crippen molar-refractivity contribution in [3.05, 3.63) is 42.2 Å². The smallest absolute Gasteiger partial charge is 0.159 e. The molecule has 1 aliphatic heterocycles. The van der Waals surface area contributed by atoms with Crippen LogP contribution in [0.3, 0.4) is 0 Å². The summed E-state index contributed by atoms with van der Waals surface area (Å²) in [5, 5.41) is 3.20. The first-order valence-corrected chi connectivity index (χ1v) is 8.73. The molecule has 25 heavy (non-hydrogen) atoms. The van der Waals surface area contributed by atoms with Crippen molar-refractivity contribution in [1.29, 1.82) is 0 Å². The number of nitrogens with one attached hydrogen (secondary N) is 1. The Kier molecular flexibility index (Phi) is 5.73. The van der Waals surface area contributed by atoms with Gasteiger partial charge in [0, 0.05) is 62.8 Å². The molecule has 1 aliphatic rings. The molecule has 132 valence electrons. The zero-order valence-corrected chi connectivity index (χ0v) is 14.9. The van der Waals surface area contributed by atoms with Gasteiger partial charge in [0.1, 0.15) is 5.69 Å². The molecule has 1 N–H and O–H groups in total. The van der Waals surface area contributed by atoms with Gasteiger partial charge < -0.3 is 10.2 Å². The second-order valence-electron chi connectivity index (χ2n) is 6.29. The lowest BCUT2D eigenvalue weighted by Crippen LogP contribution is -2.48. The highest BCUT2D eigenvalue weighted by atomic mass is 16.1. The van der Waals surface area contributed by atoms with Gasteiger partial charge in [-0.2, -0.15) is 0 Å². The summed E-state index contributed by atoms with van der Waals surface area (Å²) in [7, 11) is 1.99. The maximum Gasteiger partial charge on any atom is 0.159 e. The molecule has 2 aromatic rings. The first kappa shape index (κ1) is 17.5. The third-order valence-electron chi connectivity index (χ3n) is 4.59. The number of anilines is 1. The van der Waals surface area contributed by atoms with Gasteiger partial charge in [-0.15, -0.1) is 0 Å². The maximum absolute atomic E-state index is 11.5. The Hall–Kier alpha value is -2.31. The fraction of sp³-hybridized carbons (Fsp3) is 0.421. The predicted octanol–water partition coefficient (Wildman–Crippen LogP) is 1.69. The zero-order valence-electron chi connectivity index (χ0n) is 14.9. The molecule has 0 amide bonds. The van der Waals surface area contributed by atoms with E-state index in [9.17, 15) is 4.79 Å². The van der Waals surface area contributed by atoms with Crippen molar-refractivity contribution in [2.45, 2.75) is 6.92 Å². The first-order valence-electron chi connectivity index (χ1n) is 8.73. The molecule has 1 saturated heterocycles. The van der Waals surface area contributed by atoms with Gasteiger partial charge in [0.2, 0.25) is 0 Å². The molecule has 0 atom stereocenters. The summed E-state index contributed by atoms with van der Waals surface area (Å²) in [5.74, 6) is 0.995. The molecule has 2 heterocycles. The number of aromatic nitrogens is 2. The molecule has 6 heteroatoms. The summed E-state index contributed by atoms with van der Waals surface area (Å²) in [6.45, 7) is 7.61. The van der Waals surface area contributed by atoms with Crippen molar-refractivity contribution in [1.82, 2.24) is 20.2 Å². The van der Waals surface area contributed by atoms with Gasteiger partial charge in [-0.1, -0.05) is 24.3 Å². The van der Waals surface area contributed by atoms with Crippen LogP contribution in [0.5, 0.6) is 0 Å². The number of likely N-dealkylation sites (N-methyl/N-ethyl adjacent to an activating group) is 1. The van der Waals surface area contributed by atoms with Crippen molar-refractivity contribution in [2.75, 3.05) is 51.2 Å². The van der Waals surface area contributed by atoms with Gasteiger partial charge in [0.05, 0.1) is 0 Å². The van der Waals surface area contributed by atoms with Crippen LogP contribution in [-0.2, 0) is 0 Å². The highest BCUT2D eigenvalue weighted by Crippen LogP contribution is 2.27. The number of Topliss-reactive ketones (excluding diaryl/α,β-unsaturated/α-hetero) is 1. The van der Waals surface area contributed by atoms with Crippen LogP contribution in [0.25, 0.3) is 11.3 Å². The molecule has 0 spiro atoms. The highest BCUT2D eigenvalue weighted by Gasteiger charge is 2.21. The number of rotatable bonds is 6. The third kappa shape index (κ3) is 4.21. The molecular weight excluding hydrogens is 314 g/mol. The van der Waals surface area contributed by atoms with E-state index in [4.69, 9.17) is 0 Å². The number of nitrogens with zero attached hydrogens (tertiary/aromatic N) is 4. The van der Waals surface area contributed by atoms with E-state index in [-0.39, 0.29) is 5.78 Å². The molecule has 1 fully saturated rings. The number of hydrogen-bond acceptors (Lipinski definition) is 6. The normalized spacial score (nSPS) is 15.4.